The van der Waals surface area contributed by atoms with Gasteiger partial charge in [-0.05, 0) is 49.0 Å². The summed E-state index contributed by atoms with van der Waals surface area (Å²) in [6.45, 7) is 1.86. The number of nitrogens with zero attached hydrogens (tertiary/aromatic N) is 1. The lowest BCUT2D eigenvalue weighted by Gasteiger charge is -2.30. The van der Waals surface area contributed by atoms with Crippen LogP contribution >= 0.6 is 23.8 Å². The lowest BCUT2D eigenvalue weighted by atomic mass is 10.0. The van der Waals surface area contributed by atoms with E-state index in [4.69, 9.17) is 38.0 Å². The highest BCUT2D eigenvalue weighted by Crippen LogP contribution is 2.39. The molecule has 1 saturated heterocycles. The van der Waals surface area contributed by atoms with E-state index in [0.717, 1.165) is 0 Å². The van der Waals surface area contributed by atoms with Gasteiger partial charge < -0.3 is 14.2 Å². The minimum Gasteiger partial charge on any atom is -0.496 e. The smallest absolute Gasteiger partial charge is 0.270 e. The van der Waals surface area contributed by atoms with Crippen LogP contribution < -0.4 is 24.4 Å². The first-order valence-corrected chi connectivity index (χ1v) is 9.33. The summed E-state index contributed by atoms with van der Waals surface area (Å²) in [6, 6.07) is 8.42. The van der Waals surface area contributed by atoms with Crippen LogP contribution in [0.5, 0.6) is 17.2 Å². The van der Waals surface area contributed by atoms with Gasteiger partial charge in [0.2, 0.25) is 6.79 Å². The third-order valence-electron chi connectivity index (χ3n) is 4.61. The Hall–Kier alpha value is -3.10. The van der Waals surface area contributed by atoms with E-state index in [1.807, 2.05) is 0 Å². The van der Waals surface area contributed by atoms with E-state index in [9.17, 15) is 9.59 Å². The van der Waals surface area contributed by atoms with Gasteiger partial charge >= 0.3 is 0 Å². The van der Waals surface area contributed by atoms with Crippen molar-refractivity contribution >= 4 is 52.5 Å². The minimum atomic E-state index is -0.601. The van der Waals surface area contributed by atoms with Gasteiger partial charge in [0.25, 0.3) is 11.8 Å². The number of benzene rings is 2. The summed E-state index contributed by atoms with van der Waals surface area (Å²) in [4.78, 5) is 27.0. The van der Waals surface area contributed by atoms with Crippen LogP contribution in [0.15, 0.2) is 35.9 Å². The van der Waals surface area contributed by atoms with Crippen LogP contribution in [0, 0.1) is 6.92 Å². The average molecular weight is 431 g/mol. The van der Waals surface area contributed by atoms with Crippen LogP contribution in [0.1, 0.15) is 11.1 Å². The number of thiocarbonyl (C=S) groups is 1. The van der Waals surface area contributed by atoms with Gasteiger partial charge in [0.15, 0.2) is 16.6 Å². The van der Waals surface area contributed by atoms with Crippen LogP contribution in [0.4, 0.5) is 5.69 Å². The topological polar surface area (TPSA) is 77.1 Å². The highest BCUT2D eigenvalue weighted by Gasteiger charge is 2.35. The van der Waals surface area contributed by atoms with Gasteiger partial charge in [-0.25, -0.2) is 0 Å². The molecule has 0 spiro atoms. The van der Waals surface area contributed by atoms with Crippen molar-refractivity contribution in [2.45, 2.75) is 6.92 Å². The van der Waals surface area contributed by atoms with Gasteiger partial charge in [0, 0.05) is 16.7 Å². The molecule has 0 radical (unpaired) electrons. The molecule has 2 aliphatic rings. The fourth-order valence-electron chi connectivity index (χ4n) is 3.10. The molecule has 0 aromatic heterocycles. The molecule has 2 aliphatic heterocycles. The van der Waals surface area contributed by atoms with E-state index < -0.39 is 11.8 Å². The van der Waals surface area contributed by atoms with Gasteiger partial charge in [-0.15, -0.1) is 0 Å². The molecular weight excluding hydrogens is 416 g/mol. The molecule has 2 aromatic rings. The van der Waals surface area contributed by atoms with Crippen molar-refractivity contribution in [2.75, 3.05) is 18.8 Å². The van der Waals surface area contributed by atoms with Crippen LogP contribution in [0.25, 0.3) is 6.08 Å². The first-order valence-electron chi connectivity index (χ1n) is 8.55. The maximum Gasteiger partial charge on any atom is 0.270 e. The lowest BCUT2D eigenvalue weighted by Crippen LogP contribution is -2.54. The summed E-state index contributed by atoms with van der Waals surface area (Å²) >= 11 is 11.4. The van der Waals surface area contributed by atoms with Crippen LogP contribution in [-0.4, -0.2) is 30.8 Å². The molecule has 2 heterocycles. The quantitative estimate of drug-likeness (QED) is 0.457. The summed E-state index contributed by atoms with van der Waals surface area (Å²) in [5, 5.41) is 3.03. The average Bonchev–Trinajstić information content (AvgIpc) is 3.14. The molecule has 9 heteroatoms. The number of carbonyl (C=O) groups excluding carboxylic acids is 2. The number of hydrogen-bond acceptors (Lipinski definition) is 6. The predicted molar refractivity (Wildman–Crippen MR) is 112 cm³/mol. The number of anilines is 1. The molecule has 0 bridgehead atoms. The maximum atomic E-state index is 13.2. The van der Waals surface area contributed by atoms with E-state index in [0.29, 0.717) is 39.1 Å². The predicted octanol–water partition coefficient (Wildman–Crippen LogP) is 3.22. The van der Waals surface area contributed by atoms with Crippen molar-refractivity contribution in [2.24, 2.45) is 0 Å². The number of rotatable bonds is 3. The lowest BCUT2D eigenvalue weighted by molar-refractivity contribution is -0.122. The zero-order valence-electron chi connectivity index (χ0n) is 15.4. The number of halogens is 1. The Morgan fingerprint density at radius 2 is 1.97 bits per heavy atom. The number of ether oxygens (including phenoxy) is 3. The molecule has 0 atom stereocenters. The first-order chi connectivity index (χ1) is 13.9. The van der Waals surface area contributed by atoms with Crippen molar-refractivity contribution in [3.63, 3.8) is 0 Å². The third-order valence-corrected chi connectivity index (χ3v) is 5.30. The third kappa shape index (κ3) is 3.30. The molecule has 0 saturated carbocycles. The molecule has 7 nitrogen and oxygen atoms in total. The zero-order valence-corrected chi connectivity index (χ0v) is 17.0. The maximum absolute atomic E-state index is 13.2. The molecule has 1 N–H and O–H groups in total. The largest absolute Gasteiger partial charge is 0.496 e. The van der Waals surface area contributed by atoms with Crippen molar-refractivity contribution in [1.82, 2.24) is 5.32 Å². The highest BCUT2D eigenvalue weighted by atomic mass is 35.5. The number of amides is 2. The second kappa shape index (κ2) is 7.38. The van der Waals surface area contributed by atoms with Gasteiger partial charge in [0.1, 0.15) is 11.3 Å². The second-order valence-corrected chi connectivity index (χ2v) is 7.08. The monoisotopic (exact) mass is 430 g/mol. The number of nitrogens with one attached hydrogen (secondary N) is 1. The molecular formula is C20H15ClN2O5S. The van der Waals surface area contributed by atoms with Crippen LogP contribution in [0.2, 0.25) is 5.02 Å². The normalized spacial score (nSPS) is 17.0. The van der Waals surface area contributed by atoms with Gasteiger partial charge in [-0.2, -0.15) is 0 Å². The number of fused-ring (bicyclic) bond motifs is 1. The van der Waals surface area contributed by atoms with E-state index >= 15 is 0 Å². The van der Waals surface area contributed by atoms with Crippen molar-refractivity contribution in [3.05, 3.63) is 52.1 Å². The van der Waals surface area contributed by atoms with E-state index in [1.54, 1.807) is 37.3 Å². The Labute approximate surface area is 176 Å². The Kier molecular flexibility index (Phi) is 4.89. The molecule has 2 aromatic carbocycles. The Bertz CT molecular complexity index is 1100. The van der Waals surface area contributed by atoms with Crippen LogP contribution in [-0.2, 0) is 9.59 Å². The molecule has 0 unspecified atom stereocenters. The fourth-order valence-corrected chi connectivity index (χ4v) is 3.54. The van der Waals surface area contributed by atoms with Crippen molar-refractivity contribution < 1.29 is 23.8 Å². The summed E-state index contributed by atoms with van der Waals surface area (Å²) in [5.74, 6) is 0.292. The van der Waals surface area contributed by atoms with Gasteiger partial charge in [0.05, 0.1) is 12.8 Å². The SMILES string of the molecule is COc1cc2c(cc1/C=C1\C(=O)NC(=S)N(c3cccc(Cl)c3C)C1=O)OCO2. The Morgan fingerprint density at radius 3 is 2.69 bits per heavy atom. The van der Waals surface area contributed by atoms with E-state index in [-0.39, 0.29) is 17.5 Å². The summed E-state index contributed by atoms with van der Waals surface area (Å²) < 4.78 is 16.1. The van der Waals surface area contributed by atoms with E-state index in [1.165, 1.54) is 18.1 Å². The van der Waals surface area contributed by atoms with Crippen molar-refractivity contribution in [1.29, 1.82) is 0 Å². The standard InChI is InChI=1S/C20H15ClN2O5S/c1-10-13(21)4-3-5-14(10)23-19(25)12(18(24)22-20(23)29)6-11-7-16-17(28-9-27-16)8-15(11)26-2/h3-8H,9H2,1-2H3,(H,22,24,29)/b12-6+. The summed E-state index contributed by atoms with van der Waals surface area (Å²) in [7, 11) is 1.49. The molecule has 2 amide bonds. The zero-order chi connectivity index (χ0) is 20.7. The number of methoxy groups -OCH3 is 1. The Morgan fingerprint density at radius 1 is 1.24 bits per heavy atom. The van der Waals surface area contributed by atoms with Gasteiger partial charge in [-0.1, -0.05) is 17.7 Å². The fraction of sp³-hybridized carbons (Fsp3) is 0.150. The molecule has 4 rings (SSSR count). The van der Waals surface area contributed by atoms with Crippen LogP contribution in [0.3, 0.4) is 0 Å². The molecule has 148 valence electrons. The molecule has 29 heavy (non-hydrogen) atoms. The number of hydrogen-bond donors (Lipinski definition) is 1. The summed E-state index contributed by atoms with van der Waals surface area (Å²) in [6.07, 6.45) is 1.44. The van der Waals surface area contributed by atoms with Crippen molar-refractivity contribution in [3.8, 4) is 17.2 Å². The molecule has 1 fully saturated rings. The highest BCUT2D eigenvalue weighted by molar-refractivity contribution is 7.80. The summed E-state index contributed by atoms with van der Waals surface area (Å²) in [5.41, 5.74) is 1.55. The Balaban J connectivity index is 1.80. The minimum absolute atomic E-state index is 0.0137. The van der Waals surface area contributed by atoms with E-state index in [2.05, 4.69) is 5.32 Å². The second-order valence-electron chi connectivity index (χ2n) is 6.29. The molecule has 0 aliphatic carbocycles. The first kappa shape index (κ1) is 19.2. The van der Waals surface area contributed by atoms with Gasteiger partial charge in [-0.3, -0.25) is 19.8 Å². The number of carbonyl (C=O) groups is 2.